The van der Waals surface area contributed by atoms with Crippen molar-refractivity contribution in [2.24, 2.45) is 0 Å². The van der Waals surface area contributed by atoms with Gasteiger partial charge in [0.15, 0.2) is 0 Å². The largest absolute Gasteiger partial charge is 0.481 e. The zero-order chi connectivity index (χ0) is 13.8. The molecule has 19 heavy (non-hydrogen) atoms. The SMILES string of the molecule is COc1c(CC(=O)O)cnn1Cc1ccccc1C. The van der Waals surface area contributed by atoms with Gasteiger partial charge in [0.25, 0.3) is 0 Å². The number of rotatable bonds is 5. The number of carboxylic acids is 1. The van der Waals surface area contributed by atoms with E-state index in [0.29, 0.717) is 18.0 Å². The average Bonchev–Trinajstić information content (AvgIpc) is 2.73. The predicted molar refractivity (Wildman–Crippen MR) is 70.4 cm³/mol. The molecule has 2 rings (SSSR count). The molecule has 1 N–H and O–H groups in total. The van der Waals surface area contributed by atoms with Crippen molar-refractivity contribution in [3.63, 3.8) is 0 Å². The van der Waals surface area contributed by atoms with Crippen LogP contribution in [0.3, 0.4) is 0 Å². The Balaban J connectivity index is 2.28. The van der Waals surface area contributed by atoms with Crippen LogP contribution >= 0.6 is 0 Å². The molecule has 2 aromatic rings. The number of methoxy groups -OCH3 is 1. The Morgan fingerprint density at radius 2 is 2.11 bits per heavy atom. The van der Waals surface area contributed by atoms with E-state index in [4.69, 9.17) is 9.84 Å². The number of hydrogen-bond donors (Lipinski definition) is 1. The number of aromatic nitrogens is 2. The summed E-state index contributed by atoms with van der Waals surface area (Å²) in [6.45, 7) is 2.60. The number of benzene rings is 1. The second-order valence-electron chi connectivity index (χ2n) is 4.33. The number of aliphatic carboxylic acids is 1. The summed E-state index contributed by atoms with van der Waals surface area (Å²) in [7, 11) is 1.52. The third-order valence-corrected chi connectivity index (χ3v) is 2.98. The second-order valence-corrected chi connectivity index (χ2v) is 4.33. The number of carboxylic acid groups (broad SMARTS) is 1. The summed E-state index contributed by atoms with van der Waals surface area (Å²) in [5, 5.41) is 13.0. The summed E-state index contributed by atoms with van der Waals surface area (Å²) in [5.74, 6) is -0.389. The maximum Gasteiger partial charge on any atom is 0.308 e. The first-order valence-corrected chi connectivity index (χ1v) is 5.96. The second kappa shape index (κ2) is 5.56. The van der Waals surface area contributed by atoms with Crippen molar-refractivity contribution in [1.29, 1.82) is 0 Å². The van der Waals surface area contributed by atoms with E-state index in [1.807, 2.05) is 31.2 Å². The highest BCUT2D eigenvalue weighted by atomic mass is 16.5. The molecule has 0 spiro atoms. The fourth-order valence-corrected chi connectivity index (χ4v) is 1.99. The fourth-order valence-electron chi connectivity index (χ4n) is 1.99. The number of carbonyl (C=O) groups is 1. The summed E-state index contributed by atoms with van der Waals surface area (Å²) in [5.41, 5.74) is 2.88. The van der Waals surface area contributed by atoms with E-state index in [1.165, 1.54) is 12.7 Å². The quantitative estimate of drug-likeness (QED) is 0.891. The van der Waals surface area contributed by atoms with Gasteiger partial charge in [-0.2, -0.15) is 5.10 Å². The van der Waals surface area contributed by atoms with Crippen LogP contribution in [0.4, 0.5) is 0 Å². The number of ether oxygens (including phenoxy) is 1. The van der Waals surface area contributed by atoms with Crippen LogP contribution in [0.15, 0.2) is 30.5 Å². The van der Waals surface area contributed by atoms with E-state index in [1.54, 1.807) is 10.9 Å². The Bertz CT molecular complexity index is 590. The molecule has 0 saturated carbocycles. The third kappa shape index (κ3) is 2.93. The highest BCUT2D eigenvalue weighted by molar-refractivity contribution is 5.70. The summed E-state index contributed by atoms with van der Waals surface area (Å²) in [4.78, 5) is 10.8. The number of nitrogens with zero attached hydrogens (tertiary/aromatic N) is 2. The van der Waals surface area contributed by atoms with Gasteiger partial charge in [0.05, 0.1) is 26.3 Å². The van der Waals surface area contributed by atoms with Crippen molar-refractivity contribution in [3.8, 4) is 5.88 Å². The Labute approximate surface area is 111 Å². The van der Waals surface area contributed by atoms with Crippen molar-refractivity contribution in [3.05, 3.63) is 47.2 Å². The minimum Gasteiger partial charge on any atom is -0.481 e. The molecular weight excluding hydrogens is 244 g/mol. The molecule has 0 aliphatic heterocycles. The van der Waals surface area contributed by atoms with Crippen LogP contribution < -0.4 is 4.74 Å². The number of hydrogen-bond acceptors (Lipinski definition) is 3. The molecular formula is C14H16N2O3. The van der Waals surface area contributed by atoms with Gasteiger partial charge in [-0.25, -0.2) is 4.68 Å². The molecule has 0 radical (unpaired) electrons. The molecule has 5 heteroatoms. The molecule has 0 fully saturated rings. The maximum atomic E-state index is 10.8. The van der Waals surface area contributed by atoms with E-state index in [2.05, 4.69) is 5.10 Å². The van der Waals surface area contributed by atoms with Crippen LogP contribution in [0, 0.1) is 6.92 Å². The van der Waals surface area contributed by atoms with Crippen LogP contribution in [0.1, 0.15) is 16.7 Å². The van der Waals surface area contributed by atoms with E-state index < -0.39 is 5.97 Å². The van der Waals surface area contributed by atoms with Crippen molar-refractivity contribution >= 4 is 5.97 Å². The summed E-state index contributed by atoms with van der Waals surface area (Å²) in [6, 6.07) is 8.00. The first kappa shape index (κ1) is 13.1. The Hall–Kier alpha value is -2.30. The summed E-state index contributed by atoms with van der Waals surface area (Å²) in [6.07, 6.45) is 1.46. The van der Waals surface area contributed by atoms with E-state index in [9.17, 15) is 4.79 Å². The monoisotopic (exact) mass is 260 g/mol. The lowest BCUT2D eigenvalue weighted by atomic mass is 10.1. The van der Waals surface area contributed by atoms with Gasteiger partial charge in [0.2, 0.25) is 5.88 Å². The fraction of sp³-hybridized carbons (Fsp3) is 0.286. The van der Waals surface area contributed by atoms with Gasteiger partial charge in [-0.1, -0.05) is 24.3 Å². The molecule has 0 aliphatic carbocycles. The first-order chi connectivity index (χ1) is 9.11. The molecule has 0 saturated heterocycles. The minimum absolute atomic E-state index is 0.0864. The highest BCUT2D eigenvalue weighted by Gasteiger charge is 2.14. The van der Waals surface area contributed by atoms with Gasteiger partial charge in [-0.15, -0.1) is 0 Å². The van der Waals surface area contributed by atoms with Gasteiger partial charge in [0.1, 0.15) is 0 Å². The highest BCUT2D eigenvalue weighted by Crippen LogP contribution is 2.20. The molecule has 0 amide bonds. The lowest BCUT2D eigenvalue weighted by molar-refractivity contribution is -0.136. The topological polar surface area (TPSA) is 64.3 Å². The molecule has 100 valence electrons. The molecule has 1 aromatic carbocycles. The van der Waals surface area contributed by atoms with E-state index in [-0.39, 0.29) is 6.42 Å². The van der Waals surface area contributed by atoms with Crippen LogP contribution in [0.5, 0.6) is 5.88 Å². The van der Waals surface area contributed by atoms with Crippen molar-refractivity contribution < 1.29 is 14.6 Å². The van der Waals surface area contributed by atoms with Crippen LogP contribution in [-0.2, 0) is 17.8 Å². The average molecular weight is 260 g/mol. The van der Waals surface area contributed by atoms with Crippen molar-refractivity contribution in [1.82, 2.24) is 9.78 Å². The van der Waals surface area contributed by atoms with Crippen molar-refractivity contribution in [2.75, 3.05) is 7.11 Å². The Morgan fingerprint density at radius 3 is 2.74 bits per heavy atom. The summed E-state index contributed by atoms with van der Waals surface area (Å²) >= 11 is 0. The molecule has 0 atom stereocenters. The standard InChI is InChI=1S/C14H16N2O3/c1-10-5-3-4-6-11(10)9-16-14(19-2)12(8-15-16)7-13(17)18/h3-6,8H,7,9H2,1-2H3,(H,17,18). The van der Waals surface area contributed by atoms with Gasteiger partial charge in [0, 0.05) is 5.56 Å². The lowest BCUT2D eigenvalue weighted by Gasteiger charge is -2.09. The number of aryl methyl sites for hydroxylation is 1. The zero-order valence-electron chi connectivity index (χ0n) is 11.0. The van der Waals surface area contributed by atoms with Gasteiger partial charge >= 0.3 is 5.97 Å². The minimum atomic E-state index is -0.895. The van der Waals surface area contributed by atoms with Crippen LogP contribution in [0.25, 0.3) is 0 Å². The van der Waals surface area contributed by atoms with Gasteiger partial charge in [-0.3, -0.25) is 4.79 Å². The van der Waals surface area contributed by atoms with Crippen molar-refractivity contribution in [2.45, 2.75) is 19.9 Å². The lowest BCUT2D eigenvalue weighted by Crippen LogP contribution is -2.07. The van der Waals surface area contributed by atoms with Crippen LogP contribution in [0.2, 0.25) is 0 Å². The van der Waals surface area contributed by atoms with Crippen LogP contribution in [-0.4, -0.2) is 28.0 Å². The Kier molecular flexibility index (Phi) is 3.85. The molecule has 5 nitrogen and oxygen atoms in total. The molecule has 1 aromatic heterocycles. The Morgan fingerprint density at radius 1 is 1.37 bits per heavy atom. The smallest absolute Gasteiger partial charge is 0.308 e. The molecule has 0 bridgehead atoms. The molecule has 0 aliphatic rings. The summed E-state index contributed by atoms with van der Waals surface area (Å²) < 4.78 is 6.95. The molecule has 1 heterocycles. The third-order valence-electron chi connectivity index (χ3n) is 2.98. The molecule has 0 unspecified atom stereocenters. The van der Waals surface area contributed by atoms with E-state index >= 15 is 0 Å². The first-order valence-electron chi connectivity index (χ1n) is 5.96. The normalized spacial score (nSPS) is 10.4. The predicted octanol–water partition coefficient (Wildman–Crippen LogP) is 1.88. The zero-order valence-corrected chi connectivity index (χ0v) is 11.0. The van der Waals surface area contributed by atoms with Gasteiger partial charge < -0.3 is 9.84 Å². The maximum absolute atomic E-state index is 10.8. The van der Waals surface area contributed by atoms with E-state index in [0.717, 1.165) is 5.56 Å². The van der Waals surface area contributed by atoms with Gasteiger partial charge in [-0.05, 0) is 18.1 Å².